The molecule has 0 radical (unpaired) electrons. The molecule has 1 unspecified atom stereocenters. The van der Waals surface area contributed by atoms with Gasteiger partial charge in [-0.2, -0.15) is 0 Å². The SMILES string of the molecule is CCOC(CNCC(C)O)OCC. The van der Waals surface area contributed by atoms with E-state index in [-0.39, 0.29) is 12.4 Å². The minimum absolute atomic E-state index is 0.200. The van der Waals surface area contributed by atoms with Gasteiger partial charge in [-0.1, -0.05) is 0 Å². The maximum absolute atomic E-state index is 8.98. The van der Waals surface area contributed by atoms with Crippen LogP contribution in [0.25, 0.3) is 0 Å². The lowest BCUT2D eigenvalue weighted by molar-refractivity contribution is -0.133. The van der Waals surface area contributed by atoms with Gasteiger partial charge in [-0.25, -0.2) is 0 Å². The average Bonchev–Trinajstić information content (AvgIpc) is 2.04. The van der Waals surface area contributed by atoms with Crippen LogP contribution in [0.4, 0.5) is 0 Å². The summed E-state index contributed by atoms with van der Waals surface area (Å²) in [4.78, 5) is 0. The molecule has 0 saturated heterocycles. The Morgan fingerprint density at radius 1 is 1.15 bits per heavy atom. The van der Waals surface area contributed by atoms with Crippen LogP contribution in [0.2, 0.25) is 0 Å². The Morgan fingerprint density at radius 3 is 2.08 bits per heavy atom. The third-order valence-corrected chi connectivity index (χ3v) is 1.46. The molecule has 80 valence electrons. The zero-order chi connectivity index (χ0) is 10.1. The van der Waals surface area contributed by atoms with Crippen molar-refractivity contribution in [1.29, 1.82) is 0 Å². The number of nitrogens with one attached hydrogen (secondary N) is 1. The van der Waals surface area contributed by atoms with E-state index in [9.17, 15) is 0 Å². The van der Waals surface area contributed by atoms with E-state index in [2.05, 4.69) is 5.32 Å². The monoisotopic (exact) mass is 191 g/mol. The molecule has 13 heavy (non-hydrogen) atoms. The van der Waals surface area contributed by atoms with Crippen molar-refractivity contribution in [1.82, 2.24) is 5.32 Å². The minimum Gasteiger partial charge on any atom is -0.392 e. The van der Waals surface area contributed by atoms with Gasteiger partial charge in [0.05, 0.1) is 6.10 Å². The molecule has 2 N–H and O–H groups in total. The summed E-state index contributed by atoms with van der Waals surface area (Å²) in [5.41, 5.74) is 0. The van der Waals surface area contributed by atoms with Crippen molar-refractivity contribution in [2.45, 2.75) is 33.2 Å². The molecule has 0 aliphatic heterocycles. The standard InChI is InChI=1S/C9H21NO3/c1-4-12-9(13-5-2)7-10-6-8(3)11/h8-11H,4-7H2,1-3H3. The first-order valence-corrected chi connectivity index (χ1v) is 4.82. The molecule has 0 spiro atoms. The first-order valence-electron chi connectivity index (χ1n) is 4.82. The highest BCUT2D eigenvalue weighted by Gasteiger charge is 2.06. The zero-order valence-corrected chi connectivity index (χ0v) is 8.75. The summed E-state index contributed by atoms with van der Waals surface area (Å²) in [6.07, 6.45) is -0.530. The van der Waals surface area contributed by atoms with Crippen molar-refractivity contribution in [3.05, 3.63) is 0 Å². The summed E-state index contributed by atoms with van der Waals surface area (Å²) in [6.45, 7) is 8.07. The van der Waals surface area contributed by atoms with E-state index in [0.29, 0.717) is 26.3 Å². The number of ether oxygens (including phenoxy) is 2. The number of aliphatic hydroxyl groups excluding tert-OH is 1. The molecule has 0 aromatic rings. The Morgan fingerprint density at radius 2 is 1.69 bits per heavy atom. The molecular formula is C9H21NO3. The summed E-state index contributed by atoms with van der Waals surface area (Å²) in [6, 6.07) is 0. The largest absolute Gasteiger partial charge is 0.392 e. The van der Waals surface area contributed by atoms with E-state index in [4.69, 9.17) is 14.6 Å². The van der Waals surface area contributed by atoms with E-state index in [1.807, 2.05) is 13.8 Å². The van der Waals surface area contributed by atoms with Crippen molar-refractivity contribution in [2.24, 2.45) is 0 Å². The molecule has 0 fully saturated rings. The average molecular weight is 191 g/mol. The highest BCUT2D eigenvalue weighted by atomic mass is 16.7. The lowest BCUT2D eigenvalue weighted by Crippen LogP contribution is -2.35. The number of aliphatic hydroxyl groups is 1. The van der Waals surface area contributed by atoms with Crippen LogP contribution in [-0.2, 0) is 9.47 Å². The van der Waals surface area contributed by atoms with Crippen LogP contribution in [0.3, 0.4) is 0 Å². The predicted molar refractivity (Wildman–Crippen MR) is 51.6 cm³/mol. The van der Waals surface area contributed by atoms with Crippen molar-refractivity contribution >= 4 is 0 Å². The fourth-order valence-electron chi connectivity index (χ4n) is 0.948. The first kappa shape index (κ1) is 12.8. The first-order chi connectivity index (χ1) is 6.20. The fraction of sp³-hybridized carbons (Fsp3) is 1.00. The van der Waals surface area contributed by atoms with Crippen molar-refractivity contribution in [3.63, 3.8) is 0 Å². The molecule has 0 aliphatic rings. The summed E-state index contributed by atoms with van der Waals surface area (Å²) in [5, 5.41) is 12.0. The summed E-state index contributed by atoms with van der Waals surface area (Å²) < 4.78 is 10.6. The summed E-state index contributed by atoms with van der Waals surface area (Å²) >= 11 is 0. The smallest absolute Gasteiger partial charge is 0.169 e. The molecule has 0 aliphatic carbocycles. The topological polar surface area (TPSA) is 50.7 Å². The van der Waals surface area contributed by atoms with Gasteiger partial charge in [-0.3, -0.25) is 0 Å². The molecular weight excluding hydrogens is 170 g/mol. The quantitative estimate of drug-likeness (QED) is 0.544. The van der Waals surface area contributed by atoms with E-state index < -0.39 is 0 Å². The van der Waals surface area contributed by atoms with Gasteiger partial charge in [0.1, 0.15) is 0 Å². The maximum Gasteiger partial charge on any atom is 0.169 e. The van der Waals surface area contributed by atoms with Gasteiger partial charge < -0.3 is 19.9 Å². The van der Waals surface area contributed by atoms with Crippen molar-refractivity contribution in [3.8, 4) is 0 Å². The van der Waals surface area contributed by atoms with Gasteiger partial charge in [0.25, 0.3) is 0 Å². The highest BCUT2D eigenvalue weighted by molar-refractivity contribution is 4.55. The maximum atomic E-state index is 8.98. The number of rotatable bonds is 8. The van der Waals surface area contributed by atoms with Gasteiger partial charge in [0.2, 0.25) is 0 Å². The van der Waals surface area contributed by atoms with Crippen LogP contribution in [0, 0.1) is 0 Å². The van der Waals surface area contributed by atoms with Gasteiger partial charge >= 0.3 is 0 Å². The molecule has 4 heteroatoms. The normalized spacial score (nSPS) is 13.6. The Balaban J connectivity index is 3.44. The second-order valence-corrected chi connectivity index (χ2v) is 2.85. The van der Waals surface area contributed by atoms with E-state index in [0.717, 1.165) is 0 Å². The Kier molecular flexibility index (Phi) is 8.33. The van der Waals surface area contributed by atoms with E-state index >= 15 is 0 Å². The van der Waals surface area contributed by atoms with Gasteiger partial charge in [0.15, 0.2) is 6.29 Å². The molecule has 0 rings (SSSR count). The Labute approximate surface area is 80.2 Å². The van der Waals surface area contributed by atoms with Gasteiger partial charge in [0, 0.05) is 26.3 Å². The predicted octanol–water partition coefficient (Wildman–Crippen LogP) is 0.356. The van der Waals surface area contributed by atoms with E-state index in [1.165, 1.54) is 0 Å². The van der Waals surface area contributed by atoms with Crippen LogP contribution >= 0.6 is 0 Å². The lowest BCUT2D eigenvalue weighted by Gasteiger charge is -2.17. The molecule has 0 saturated carbocycles. The van der Waals surface area contributed by atoms with Crippen molar-refractivity contribution in [2.75, 3.05) is 26.3 Å². The molecule has 0 heterocycles. The van der Waals surface area contributed by atoms with Crippen LogP contribution < -0.4 is 5.32 Å². The van der Waals surface area contributed by atoms with Crippen LogP contribution in [-0.4, -0.2) is 43.8 Å². The molecule has 4 nitrogen and oxygen atoms in total. The molecule has 1 atom stereocenters. The summed E-state index contributed by atoms with van der Waals surface area (Å²) in [7, 11) is 0. The van der Waals surface area contributed by atoms with Gasteiger partial charge in [-0.15, -0.1) is 0 Å². The van der Waals surface area contributed by atoms with Crippen LogP contribution in [0.15, 0.2) is 0 Å². The molecule has 0 aromatic heterocycles. The van der Waals surface area contributed by atoms with Crippen LogP contribution in [0.1, 0.15) is 20.8 Å². The molecule has 0 aromatic carbocycles. The molecule has 0 bridgehead atoms. The number of hydrogen-bond donors (Lipinski definition) is 2. The second-order valence-electron chi connectivity index (χ2n) is 2.85. The van der Waals surface area contributed by atoms with Crippen molar-refractivity contribution < 1.29 is 14.6 Å². The summed E-state index contributed by atoms with van der Waals surface area (Å²) in [5.74, 6) is 0. The fourth-order valence-corrected chi connectivity index (χ4v) is 0.948. The van der Waals surface area contributed by atoms with E-state index in [1.54, 1.807) is 6.92 Å². The highest BCUT2D eigenvalue weighted by Crippen LogP contribution is 1.93. The molecule has 0 amide bonds. The Hall–Kier alpha value is -0.160. The zero-order valence-electron chi connectivity index (χ0n) is 8.75. The third kappa shape index (κ3) is 8.18. The lowest BCUT2D eigenvalue weighted by atomic mass is 10.4. The minimum atomic E-state index is -0.330. The number of hydrogen-bond acceptors (Lipinski definition) is 4. The van der Waals surface area contributed by atoms with Gasteiger partial charge in [-0.05, 0) is 20.8 Å². The third-order valence-electron chi connectivity index (χ3n) is 1.46. The Bertz CT molecular complexity index is 103. The second kappa shape index (κ2) is 8.44. The van der Waals surface area contributed by atoms with Crippen LogP contribution in [0.5, 0.6) is 0 Å².